The van der Waals surface area contributed by atoms with Crippen LogP contribution in [0.4, 0.5) is 8.78 Å². The first-order chi connectivity index (χ1) is 11.6. The number of hydrogen-bond donors (Lipinski definition) is 0. The molecule has 0 bridgehead atoms. The van der Waals surface area contributed by atoms with Crippen molar-refractivity contribution in [1.82, 2.24) is 0 Å². The van der Waals surface area contributed by atoms with Gasteiger partial charge in [0.2, 0.25) is 0 Å². The highest BCUT2D eigenvalue weighted by Gasteiger charge is 2.18. The highest BCUT2D eigenvalue weighted by atomic mass is 19.1. The van der Waals surface area contributed by atoms with Gasteiger partial charge in [-0.25, -0.2) is 8.78 Å². The molecule has 0 aromatic heterocycles. The van der Waals surface area contributed by atoms with Crippen molar-refractivity contribution in [3.05, 3.63) is 70.3 Å². The maximum Gasteiger partial charge on any atom is 0.165 e. The molecule has 0 heterocycles. The second-order valence-corrected chi connectivity index (χ2v) is 6.28. The Morgan fingerprint density at radius 2 is 1.88 bits per heavy atom. The molecule has 1 aliphatic carbocycles. The molecule has 0 saturated heterocycles. The van der Waals surface area contributed by atoms with E-state index in [0.717, 1.165) is 41.5 Å². The lowest BCUT2D eigenvalue weighted by atomic mass is 9.87. The van der Waals surface area contributed by atoms with Crippen LogP contribution in [-0.2, 0) is 19.3 Å². The number of rotatable bonds is 5. The van der Waals surface area contributed by atoms with Gasteiger partial charge in [-0.2, -0.15) is 0 Å². The molecule has 0 unspecified atom stereocenters. The average molecular weight is 328 g/mol. The number of allylic oxidation sites excluding steroid dienone is 2. The number of unbranched alkanes of at least 4 members (excludes halogenated alkanes) is 1. The van der Waals surface area contributed by atoms with E-state index in [1.807, 2.05) is 18.2 Å². The monoisotopic (exact) mass is 328 g/mol. The van der Waals surface area contributed by atoms with Gasteiger partial charge in [0.1, 0.15) is 5.82 Å². The van der Waals surface area contributed by atoms with E-state index in [2.05, 4.69) is 6.92 Å². The van der Waals surface area contributed by atoms with Gasteiger partial charge in [-0.15, -0.1) is 0 Å². The Morgan fingerprint density at radius 1 is 1.04 bits per heavy atom. The van der Waals surface area contributed by atoms with Crippen molar-refractivity contribution in [3.8, 4) is 5.75 Å². The van der Waals surface area contributed by atoms with Crippen molar-refractivity contribution in [1.29, 1.82) is 0 Å². The summed E-state index contributed by atoms with van der Waals surface area (Å²) < 4.78 is 33.5. The normalized spacial score (nSPS) is 13.4. The first-order valence-corrected chi connectivity index (χ1v) is 8.45. The number of methoxy groups -OCH3 is 1. The number of hydrogen-bond acceptors (Lipinski definition) is 1. The molecule has 0 atom stereocenters. The van der Waals surface area contributed by atoms with Crippen LogP contribution in [0.25, 0.3) is 5.57 Å². The van der Waals surface area contributed by atoms with Crippen LogP contribution in [0.2, 0.25) is 0 Å². The third-order valence-electron chi connectivity index (χ3n) is 4.62. The van der Waals surface area contributed by atoms with Crippen molar-refractivity contribution in [3.63, 3.8) is 0 Å². The van der Waals surface area contributed by atoms with Crippen LogP contribution in [0.15, 0.2) is 36.4 Å². The van der Waals surface area contributed by atoms with E-state index >= 15 is 0 Å². The van der Waals surface area contributed by atoms with Crippen LogP contribution in [0, 0.1) is 11.6 Å². The number of fused-ring (bicyclic) bond motifs is 1. The highest BCUT2D eigenvalue weighted by Crippen LogP contribution is 2.32. The molecule has 0 radical (unpaired) electrons. The summed E-state index contributed by atoms with van der Waals surface area (Å²) in [5.74, 6) is -0.294. The van der Waals surface area contributed by atoms with Crippen molar-refractivity contribution in [2.75, 3.05) is 7.11 Å². The lowest BCUT2D eigenvalue weighted by Crippen LogP contribution is -2.06. The average Bonchev–Trinajstić information content (AvgIpc) is 2.59. The Kier molecular flexibility index (Phi) is 4.98. The maximum absolute atomic E-state index is 14.5. The van der Waals surface area contributed by atoms with Crippen molar-refractivity contribution < 1.29 is 13.5 Å². The van der Waals surface area contributed by atoms with Crippen LogP contribution in [0.5, 0.6) is 5.75 Å². The summed E-state index contributed by atoms with van der Waals surface area (Å²) in [7, 11) is 1.46. The number of benzene rings is 2. The molecular formula is C21H22F2O. The maximum atomic E-state index is 14.5. The molecule has 0 spiro atoms. The molecule has 2 aromatic carbocycles. The van der Waals surface area contributed by atoms with Crippen LogP contribution in [-0.4, -0.2) is 7.11 Å². The van der Waals surface area contributed by atoms with E-state index in [1.54, 1.807) is 12.1 Å². The van der Waals surface area contributed by atoms with Crippen LogP contribution in [0.1, 0.15) is 42.0 Å². The number of halogens is 2. The Bertz CT molecular complexity index is 778. The topological polar surface area (TPSA) is 9.23 Å². The second kappa shape index (κ2) is 7.16. The lowest BCUT2D eigenvalue weighted by molar-refractivity contribution is 0.385. The van der Waals surface area contributed by atoms with Crippen molar-refractivity contribution in [2.45, 2.75) is 39.0 Å². The molecule has 0 aliphatic heterocycles. The third kappa shape index (κ3) is 3.35. The second-order valence-electron chi connectivity index (χ2n) is 6.28. The van der Waals surface area contributed by atoms with E-state index < -0.39 is 0 Å². The minimum atomic E-state index is -0.368. The van der Waals surface area contributed by atoms with Gasteiger partial charge >= 0.3 is 0 Å². The Labute approximate surface area is 142 Å². The first-order valence-electron chi connectivity index (χ1n) is 8.45. The fourth-order valence-corrected chi connectivity index (χ4v) is 3.22. The minimum absolute atomic E-state index is 0.188. The molecule has 0 N–H and O–H groups in total. The predicted octanol–water partition coefficient (Wildman–Crippen LogP) is 5.50. The summed E-state index contributed by atoms with van der Waals surface area (Å²) in [5, 5.41) is 0. The standard InChI is InChI=1S/C21H22F2O/c1-3-4-5-14-6-9-18(19(22)10-14)16-8-7-15-13-21(24-2)20(23)12-17(15)11-16/h6,8-10,12-13H,3-5,7,11H2,1-2H3. The molecule has 0 fully saturated rings. The zero-order chi connectivity index (χ0) is 17.1. The summed E-state index contributed by atoms with van der Waals surface area (Å²) in [6, 6.07) is 8.74. The zero-order valence-corrected chi connectivity index (χ0v) is 14.2. The van der Waals surface area contributed by atoms with Gasteiger partial charge in [-0.3, -0.25) is 0 Å². The Morgan fingerprint density at radius 3 is 2.58 bits per heavy atom. The van der Waals surface area contributed by atoms with Crippen molar-refractivity contribution >= 4 is 5.57 Å². The zero-order valence-electron chi connectivity index (χ0n) is 14.2. The van der Waals surface area contributed by atoms with E-state index in [9.17, 15) is 8.78 Å². The quantitative estimate of drug-likeness (QED) is 0.704. The molecule has 3 heteroatoms. The molecule has 126 valence electrons. The molecule has 0 amide bonds. The van der Waals surface area contributed by atoms with E-state index in [-0.39, 0.29) is 17.4 Å². The fraction of sp³-hybridized carbons (Fsp3) is 0.333. The van der Waals surface area contributed by atoms with Crippen molar-refractivity contribution in [2.24, 2.45) is 0 Å². The Balaban J connectivity index is 1.85. The number of ether oxygens (including phenoxy) is 1. The molecular weight excluding hydrogens is 306 g/mol. The van der Waals surface area contributed by atoms with Crippen LogP contribution in [0.3, 0.4) is 0 Å². The summed E-state index contributed by atoms with van der Waals surface area (Å²) in [4.78, 5) is 0. The molecule has 1 aliphatic rings. The van der Waals surface area contributed by atoms with Crippen LogP contribution >= 0.6 is 0 Å². The molecule has 3 rings (SSSR count). The van der Waals surface area contributed by atoms with E-state index in [1.165, 1.54) is 13.2 Å². The van der Waals surface area contributed by atoms with Gasteiger partial charge < -0.3 is 4.74 Å². The SMILES string of the molecule is CCCCc1ccc(C2=CCc3cc(OC)c(F)cc3C2)c(F)c1. The molecule has 2 aromatic rings. The lowest BCUT2D eigenvalue weighted by Gasteiger charge is -2.19. The molecule has 1 nitrogen and oxygen atoms in total. The number of aryl methyl sites for hydroxylation is 1. The van der Waals surface area contributed by atoms with Gasteiger partial charge in [0.25, 0.3) is 0 Å². The summed E-state index contributed by atoms with van der Waals surface area (Å²) >= 11 is 0. The fourth-order valence-electron chi connectivity index (χ4n) is 3.22. The van der Waals surface area contributed by atoms with Crippen LogP contribution < -0.4 is 4.74 Å². The smallest absolute Gasteiger partial charge is 0.165 e. The molecule has 24 heavy (non-hydrogen) atoms. The largest absolute Gasteiger partial charge is 0.494 e. The van der Waals surface area contributed by atoms with Gasteiger partial charge in [-0.1, -0.05) is 31.6 Å². The minimum Gasteiger partial charge on any atom is -0.494 e. The predicted molar refractivity (Wildman–Crippen MR) is 93.3 cm³/mol. The van der Waals surface area contributed by atoms with Gasteiger partial charge in [0.15, 0.2) is 11.6 Å². The summed E-state index contributed by atoms with van der Waals surface area (Å²) in [5.41, 5.74) is 4.52. The highest BCUT2D eigenvalue weighted by molar-refractivity contribution is 5.71. The van der Waals surface area contributed by atoms with E-state index in [4.69, 9.17) is 4.74 Å². The Hall–Kier alpha value is -2.16. The van der Waals surface area contributed by atoms with Gasteiger partial charge in [-0.05, 0) is 66.1 Å². The van der Waals surface area contributed by atoms with Gasteiger partial charge in [0, 0.05) is 5.56 Å². The molecule has 0 saturated carbocycles. The first kappa shape index (κ1) is 16.7. The summed E-state index contributed by atoms with van der Waals surface area (Å²) in [6.07, 6.45) is 6.31. The van der Waals surface area contributed by atoms with E-state index in [0.29, 0.717) is 18.4 Å². The summed E-state index contributed by atoms with van der Waals surface area (Å²) in [6.45, 7) is 2.13. The van der Waals surface area contributed by atoms with Gasteiger partial charge in [0.05, 0.1) is 7.11 Å². The third-order valence-corrected chi connectivity index (χ3v) is 4.62.